The molecule has 0 aliphatic carbocycles. The third-order valence-corrected chi connectivity index (χ3v) is 3.21. The Hall–Kier alpha value is -2.28. The van der Waals surface area contributed by atoms with E-state index in [0.717, 1.165) is 5.52 Å². The highest BCUT2D eigenvalue weighted by Crippen LogP contribution is 2.15. The molecular weight excluding hydrogens is 250 g/mol. The van der Waals surface area contributed by atoms with Crippen LogP contribution in [0.25, 0.3) is 11.0 Å². The molecule has 0 unspecified atom stereocenters. The first kappa shape index (κ1) is 10.8. The average molecular weight is 259 g/mol. The molecule has 6 nitrogen and oxygen atoms in total. The van der Waals surface area contributed by atoms with E-state index >= 15 is 0 Å². The van der Waals surface area contributed by atoms with Gasteiger partial charge in [0.05, 0.1) is 5.52 Å². The van der Waals surface area contributed by atoms with Gasteiger partial charge in [0.25, 0.3) is 5.91 Å². The summed E-state index contributed by atoms with van der Waals surface area (Å²) >= 11 is 1.38. The van der Waals surface area contributed by atoms with Gasteiger partial charge >= 0.3 is 0 Å². The van der Waals surface area contributed by atoms with Gasteiger partial charge < -0.3 is 0 Å². The Bertz CT molecular complexity index is 703. The van der Waals surface area contributed by atoms with Crippen molar-refractivity contribution in [2.75, 3.05) is 5.32 Å². The molecule has 2 aromatic heterocycles. The minimum atomic E-state index is -0.197. The van der Waals surface area contributed by atoms with Crippen molar-refractivity contribution in [3.05, 3.63) is 35.3 Å². The number of amides is 1. The standard InChI is InChI=1S/C11H9N5OS/c1-16-9-3-2-7(6-8(9)14-15-16)10(17)13-11-12-4-5-18-11/h2-6H,1H3,(H,12,13,17). The summed E-state index contributed by atoms with van der Waals surface area (Å²) in [5.74, 6) is -0.197. The second-order valence-electron chi connectivity index (χ2n) is 3.71. The van der Waals surface area contributed by atoms with E-state index in [9.17, 15) is 4.79 Å². The molecule has 7 heteroatoms. The Morgan fingerprint density at radius 2 is 2.33 bits per heavy atom. The Morgan fingerprint density at radius 3 is 3.11 bits per heavy atom. The Kier molecular flexibility index (Phi) is 2.52. The molecule has 0 aliphatic heterocycles. The number of rotatable bonds is 2. The number of nitrogens with one attached hydrogen (secondary N) is 1. The summed E-state index contributed by atoms with van der Waals surface area (Å²) in [6.07, 6.45) is 1.64. The molecule has 0 fully saturated rings. The van der Waals surface area contributed by atoms with Gasteiger partial charge in [-0.2, -0.15) is 0 Å². The third-order valence-electron chi connectivity index (χ3n) is 2.53. The lowest BCUT2D eigenvalue weighted by molar-refractivity contribution is 0.102. The van der Waals surface area contributed by atoms with E-state index in [1.807, 2.05) is 18.5 Å². The normalized spacial score (nSPS) is 10.7. The molecule has 0 radical (unpaired) electrons. The zero-order valence-corrected chi connectivity index (χ0v) is 10.3. The number of carbonyl (C=O) groups excluding carboxylic acids is 1. The summed E-state index contributed by atoms with van der Waals surface area (Å²) in [6.45, 7) is 0. The molecular formula is C11H9N5OS. The highest BCUT2D eigenvalue weighted by atomic mass is 32.1. The lowest BCUT2D eigenvalue weighted by Gasteiger charge is -2.01. The molecule has 1 N–H and O–H groups in total. The number of anilines is 1. The molecule has 18 heavy (non-hydrogen) atoms. The predicted octanol–water partition coefficient (Wildman–Crippen LogP) is 1.68. The van der Waals surface area contributed by atoms with Crippen molar-refractivity contribution in [1.29, 1.82) is 0 Å². The van der Waals surface area contributed by atoms with Gasteiger partial charge in [-0.1, -0.05) is 5.21 Å². The average Bonchev–Trinajstić information content (AvgIpc) is 2.99. The van der Waals surface area contributed by atoms with E-state index in [1.54, 1.807) is 23.0 Å². The van der Waals surface area contributed by atoms with E-state index < -0.39 is 0 Å². The number of aromatic nitrogens is 4. The lowest BCUT2D eigenvalue weighted by Crippen LogP contribution is -2.11. The van der Waals surface area contributed by atoms with Gasteiger partial charge in [0.15, 0.2) is 5.13 Å². The third kappa shape index (κ3) is 1.84. The van der Waals surface area contributed by atoms with Gasteiger partial charge in [0.1, 0.15) is 5.52 Å². The van der Waals surface area contributed by atoms with E-state index in [2.05, 4.69) is 20.6 Å². The van der Waals surface area contributed by atoms with Gasteiger partial charge in [-0.05, 0) is 18.2 Å². The maximum Gasteiger partial charge on any atom is 0.257 e. The summed E-state index contributed by atoms with van der Waals surface area (Å²) in [7, 11) is 1.81. The highest BCUT2D eigenvalue weighted by Gasteiger charge is 2.10. The Labute approximate surface area is 106 Å². The lowest BCUT2D eigenvalue weighted by atomic mass is 10.2. The summed E-state index contributed by atoms with van der Waals surface area (Å²) in [5.41, 5.74) is 2.13. The number of aryl methyl sites for hydroxylation is 1. The van der Waals surface area contributed by atoms with Gasteiger partial charge in [0.2, 0.25) is 0 Å². The number of nitrogens with zero attached hydrogens (tertiary/aromatic N) is 4. The van der Waals surface area contributed by atoms with Crippen LogP contribution >= 0.6 is 11.3 Å². The van der Waals surface area contributed by atoms with Crippen molar-refractivity contribution in [2.45, 2.75) is 0 Å². The van der Waals surface area contributed by atoms with Gasteiger partial charge in [-0.15, -0.1) is 16.4 Å². The molecule has 90 valence electrons. The van der Waals surface area contributed by atoms with Crippen LogP contribution in [0.3, 0.4) is 0 Å². The Balaban J connectivity index is 1.92. The number of carbonyl (C=O) groups is 1. The SMILES string of the molecule is Cn1nnc2cc(C(=O)Nc3nccs3)ccc21. The molecule has 3 aromatic rings. The van der Waals surface area contributed by atoms with Crippen LogP contribution in [0, 0.1) is 0 Å². The van der Waals surface area contributed by atoms with Crippen molar-refractivity contribution in [3.8, 4) is 0 Å². The number of hydrogen-bond acceptors (Lipinski definition) is 5. The van der Waals surface area contributed by atoms with Crippen LogP contribution in [0.4, 0.5) is 5.13 Å². The highest BCUT2D eigenvalue weighted by molar-refractivity contribution is 7.13. The van der Waals surface area contributed by atoms with E-state index in [1.165, 1.54) is 11.3 Å². The van der Waals surface area contributed by atoms with Crippen molar-refractivity contribution in [3.63, 3.8) is 0 Å². The fraction of sp³-hybridized carbons (Fsp3) is 0.0909. The first-order valence-corrected chi connectivity index (χ1v) is 6.12. The van der Waals surface area contributed by atoms with Crippen LogP contribution in [0.5, 0.6) is 0 Å². The van der Waals surface area contributed by atoms with Gasteiger partial charge in [-0.25, -0.2) is 9.67 Å². The van der Waals surface area contributed by atoms with Crippen LogP contribution in [0.15, 0.2) is 29.8 Å². The van der Waals surface area contributed by atoms with Crippen molar-refractivity contribution in [2.24, 2.45) is 7.05 Å². The zero-order chi connectivity index (χ0) is 12.5. The van der Waals surface area contributed by atoms with E-state index in [0.29, 0.717) is 16.2 Å². The largest absolute Gasteiger partial charge is 0.298 e. The number of benzene rings is 1. The molecule has 0 spiro atoms. The molecule has 0 bridgehead atoms. The molecule has 0 atom stereocenters. The van der Waals surface area contributed by atoms with E-state index in [4.69, 9.17) is 0 Å². The minimum absolute atomic E-state index is 0.197. The van der Waals surface area contributed by atoms with Crippen molar-refractivity contribution < 1.29 is 4.79 Å². The van der Waals surface area contributed by atoms with Crippen molar-refractivity contribution in [1.82, 2.24) is 20.0 Å². The molecule has 0 saturated carbocycles. The first-order chi connectivity index (χ1) is 8.74. The maximum atomic E-state index is 12.0. The van der Waals surface area contributed by atoms with Crippen LogP contribution in [-0.2, 0) is 7.05 Å². The van der Waals surface area contributed by atoms with E-state index in [-0.39, 0.29) is 5.91 Å². The second-order valence-corrected chi connectivity index (χ2v) is 4.60. The summed E-state index contributed by atoms with van der Waals surface area (Å²) in [6, 6.07) is 5.28. The fourth-order valence-electron chi connectivity index (χ4n) is 1.64. The predicted molar refractivity (Wildman–Crippen MR) is 68.6 cm³/mol. The number of hydrogen-bond donors (Lipinski definition) is 1. The molecule has 1 amide bonds. The van der Waals surface area contributed by atoms with Crippen LogP contribution < -0.4 is 5.32 Å². The monoisotopic (exact) mass is 259 g/mol. The second kappa shape index (κ2) is 4.19. The molecule has 0 aliphatic rings. The zero-order valence-electron chi connectivity index (χ0n) is 9.49. The number of thiazole rings is 1. The maximum absolute atomic E-state index is 12.0. The molecule has 1 aromatic carbocycles. The van der Waals surface area contributed by atoms with Gasteiger partial charge in [0, 0.05) is 24.2 Å². The summed E-state index contributed by atoms with van der Waals surface area (Å²) < 4.78 is 1.66. The summed E-state index contributed by atoms with van der Waals surface area (Å²) in [5, 5.41) is 13.0. The Morgan fingerprint density at radius 1 is 1.44 bits per heavy atom. The summed E-state index contributed by atoms with van der Waals surface area (Å²) in [4.78, 5) is 16.0. The van der Waals surface area contributed by atoms with Crippen LogP contribution in [-0.4, -0.2) is 25.9 Å². The van der Waals surface area contributed by atoms with Gasteiger partial charge in [-0.3, -0.25) is 10.1 Å². The number of fused-ring (bicyclic) bond motifs is 1. The minimum Gasteiger partial charge on any atom is -0.298 e. The quantitative estimate of drug-likeness (QED) is 0.760. The van der Waals surface area contributed by atoms with Crippen LogP contribution in [0.1, 0.15) is 10.4 Å². The molecule has 3 rings (SSSR count). The topological polar surface area (TPSA) is 72.7 Å². The van der Waals surface area contributed by atoms with Crippen molar-refractivity contribution >= 4 is 33.4 Å². The first-order valence-electron chi connectivity index (χ1n) is 5.24. The fourth-order valence-corrected chi connectivity index (χ4v) is 2.16. The van der Waals surface area contributed by atoms with Crippen LogP contribution in [0.2, 0.25) is 0 Å². The molecule has 0 saturated heterocycles. The smallest absolute Gasteiger partial charge is 0.257 e. The molecule has 2 heterocycles.